The first-order chi connectivity index (χ1) is 12.6. The molecule has 0 fully saturated rings. The van der Waals surface area contributed by atoms with E-state index in [0.717, 1.165) is 17.1 Å². The maximum atomic E-state index is 12.2. The van der Waals surface area contributed by atoms with Crippen molar-refractivity contribution in [2.24, 2.45) is 13.0 Å². The van der Waals surface area contributed by atoms with E-state index in [4.69, 9.17) is 9.15 Å². The van der Waals surface area contributed by atoms with Crippen molar-refractivity contribution in [2.75, 3.05) is 13.2 Å². The second-order valence-electron chi connectivity index (χ2n) is 6.39. The molecule has 1 amide bonds. The fraction of sp³-hybridized carbons (Fsp3) is 0.412. The maximum absolute atomic E-state index is 12.2. The number of rotatable bonds is 4. The summed E-state index contributed by atoms with van der Waals surface area (Å²) in [5, 5.41) is 15.7. The Morgan fingerprint density at radius 2 is 2.31 bits per heavy atom. The van der Waals surface area contributed by atoms with Crippen LogP contribution < -0.4 is 5.32 Å². The molecule has 0 saturated carbocycles. The Kier molecular flexibility index (Phi) is 4.29. The third-order valence-electron chi connectivity index (χ3n) is 4.58. The zero-order valence-corrected chi connectivity index (χ0v) is 14.7. The first kappa shape index (κ1) is 16.5. The van der Waals surface area contributed by atoms with Crippen LogP contribution in [0.15, 0.2) is 29.0 Å². The molecule has 0 spiro atoms. The van der Waals surface area contributed by atoms with Gasteiger partial charge in [0.05, 0.1) is 36.4 Å². The Morgan fingerprint density at radius 3 is 3.04 bits per heavy atom. The Labute approximate surface area is 149 Å². The van der Waals surface area contributed by atoms with Gasteiger partial charge in [-0.05, 0) is 19.1 Å². The van der Waals surface area contributed by atoms with Gasteiger partial charge in [0.25, 0.3) is 5.91 Å². The molecule has 0 saturated heterocycles. The number of carbonyl (C=O) groups is 1. The summed E-state index contributed by atoms with van der Waals surface area (Å²) >= 11 is 0. The number of hydrogen-bond donors (Lipinski definition) is 1. The Morgan fingerprint density at radius 1 is 1.42 bits per heavy atom. The van der Waals surface area contributed by atoms with Crippen molar-refractivity contribution in [1.29, 1.82) is 0 Å². The minimum absolute atomic E-state index is 0.105. The van der Waals surface area contributed by atoms with Gasteiger partial charge >= 0.3 is 0 Å². The maximum Gasteiger partial charge on any atom is 0.254 e. The van der Waals surface area contributed by atoms with Crippen molar-refractivity contribution < 1.29 is 13.9 Å². The number of carbonyl (C=O) groups excluding carboxylic acids is 1. The fourth-order valence-corrected chi connectivity index (χ4v) is 3.12. The molecule has 0 aromatic carbocycles. The number of aromatic nitrogens is 5. The highest BCUT2D eigenvalue weighted by molar-refractivity contribution is 5.95. The van der Waals surface area contributed by atoms with Gasteiger partial charge in [-0.15, -0.1) is 5.10 Å². The first-order valence-corrected chi connectivity index (χ1v) is 8.44. The topological polar surface area (TPSA) is 100 Å². The van der Waals surface area contributed by atoms with E-state index in [0.29, 0.717) is 37.6 Å². The molecular formula is C17H20N6O3. The fourth-order valence-electron chi connectivity index (χ4n) is 3.12. The number of nitrogens with one attached hydrogen (secondary N) is 1. The smallest absolute Gasteiger partial charge is 0.254 e. The molecule has 0 bridgehead atoms. The molecule has 9 heteroatoms. The SMILES string of the molecule is Cc1occc1C(=O)NC[C@@H]1COCc2c(-c3ccnn3C)nnn2C1. The number of furan rings is 1. The summed E-state index contributed by atoms with van der Waals surface area (Å²) in [6, 6.07) is 3.57. The van der Waals surface area contributed by atoms with Gasteiger partial charge < -0.3 is 14.5 Å². The number of nitrogens with zero attached hydrogens (tertiary/aromatic N) is 5. The lowest BCUT2D eigenvalue weighted by molar-refractivity contribution is 0.0851. The molecule has 3 aromatic rings. The highest BCUT2D eigenvalue weighted by Crippen LogP contribution is 2.23. The summed E-state index contributed by atoms with van der Waals surface area (Å²) in [5.74, 6) is 0.572. The number of ether oxygens (including phenoxy) is 1. The largest absolute Gasteiger partial charge is 0.469 e. The second-order valence-corrected chi connectivity index (χ2v) is 6.39. The number of fused-ring (bicyclic) bond motifs is 1. The van der Waals surface area contributed by atoms with Crippen LogP contribution in [0, 0.1) is 12.8 Å². The Bertz CT molecular complexity index is 925. The average molecular weight is 356 g/mol. The molecule has 1 N–H and O–H groups in total. The predicted molar refractivity (Wildman–Crippen MR) is 91.1 cm³/mol. The van der Waals surface area contributed by atoms with Gasteiger partial charge in [0.1, 0.15) is 11.5 Å². The molecular weight excluding hydrogens is 336 g/mol. The molecule has 1 atom stereocenters. The van der Waals surface area contributed by atoms with Gasteiger partial charge in [0.2, 0.25) is 0 Å². The third kappa shape index (κ3) is 3.01. The third-order valence-corrected chi connectivity index (χ3v) is 4.58. The zero-order chi connectivity index (χ0) is 18.1. The molecule has 9 nitrogen and oxygen atoms in total. The minimum Gasteiger partial charge on any atom is -0.469 e. The van der Waals surface area contributed by atoms with Gasteiger partial charge in [0, 0.05) is 32.3 Å². The monoisotopic (exact) mass is 356 g/mol. The van der Waals surface area contributed by atoms with Crippen LogP contribution >= 0.6 is 0 Å². The number of hydrogen-bond acceptors (Lipinski definition) is 6. The van der Waals surface area contributed by atoms with Crippen LogP contribution in [-0.4, -0.2) is 43.8 Å². The summed E-state index contributed by atoms with van der Waals surface area (Å²) in [4.78, 5) is 12.2. The van der Waals surface area contributed by atoms with E-state index in [-0.39, 0.29) is 11.8 Å². The summed E-state index contributed by atoms with van der Waals surface area (Å²) < 4.78 is 14.6. The highest BCUT2D eigenvalue weighted by atomic mass is 16.5. The Balaban J connectivity index is 1.46. The lowest BCUT2D eigenvalue weighted by atomic mass is 10.1. The van der Waals surface area contributed by atoms with E-state index >= 15 is 0 Å². The molecule has 0 unspecified atom stereocenters. The van der Waals surface area contributed by atoms with E-state index in [9.17, 15) is 4.79 Å². The average Bonchev–Trinajstić information content (AvgIpc) is 3.30. The zero-order valence-electron chi connectivity index (χ0n) is 14.7. The predicted octanol–water partition coefficient (Wildman–Crippen LogP) is 1.16. The van der Waals surface area contributed by atoms with Crippen LogP contribution in [0.5, 0.6) is 0 Å². The van der Waals surface area contributed by atoms with Gasteiger partial charge in [-0.25, -0.2) is 4.68 Å². The van der Waals surface area contributed by atoms with E-state index in [1.54, 1.807) is 23.9 Å². The standard InChI is InChI=1S/C17H20N6O3/c1-11-13(4-6-26-11)17(24)18-7-12-8-23-15(10-25-9-12)16(20-21-23)14-3-5-19-22(14)2/h3-6,12H,7-10H2,1-2H3,(H,18,24)/t12-/m0/s1. The van der Waals surface area contributed by atoms with Crippen LogP contribution in [0.2, 0.25) is 0 Å². The van der Waals surface area contributed by atoms with Crippen LogP contribution in [0.25, 0.3) is 11.4 Å². The molecule has 4 rings (SSSR count). The first-order valence-electron chi connectivity index (χ1n) is 8.44. The highest BCUT2D eigenvalue weighted by Gasteiger charge is 2.24. The Hall–Kier alpha value is -2.94. The van der Waals surface area contributed by atoms with Crippen molar-refractivity contribution in [3.8, 4) is 11.4 Å². The van der Waals surface area contributed by atoms with E-state index < -0.39 is 0 Å². The summed E-state index contributed by atoms with van der Waals surface area (Å²) in [6.45, 7) is 3.86. The quantitative estimate of drug-likeness (QED) is 0.753. The van der Waals surface area contributed by atoms with Crippen LogP contribution in [0.3, 0.4) is 0 Å². The van der Waals surface area contributed by atoms with Gasteiger partial charge in [-0.1, -0.05) is 5.21 Å². The van der Waals surface area contributed by atoms with Gasteiger partial charge in [-0.3, -0.25) is 9.48 Å². The van der Waals surface area contributed by atoms with Gasteiger partial charge in [0.15, 0.2) is 0 Å². The minimum atomic E-state index is -0.144. The lowest BCUT2D eigenvalue weighted by Gasteiger charge is -2.14. The van der Waals surface area contributed by atoms with Crippen LogP contribution in [0.4, 0.5) is 0 Å². The van der Waals surface area contributed by atoms with E-state index in [2.05, 4.69) is 20.7 Å². The summed E-state index contributed by atoms with van der Waals surface area (Å²) in [6.07, 6.45) is 3.25. The van der Waals surface area contributed by atoms with E-state index in [1.165, 1.54) is 6.26 Å². The van der Waals surface area contributed by atoms with Gasteiger partial charge in [-0.2, -0.15) is 5.10 Å². The summed E-state index contributed by atoms with van der Waals surface area (Å²) in [5.41, 5.74) is 3.16. The second kappa shape index (κ2) is 6.75. The molecule has 0 aliphatic carbocycles. The molecule has 26 heavy (non-hydrogen) atoms. The lowest BCUT2D eigenvalue weighted by Crippen LogP contribution is -2.33. The van der Waals surface area contributed by atoms with Crippen molar-refractivity contribution >= 4 is 5.91 Å². The van der Waals surface area contributed by atoms with E-state index in [1.807, 2.05) is 17.8 Å². The van der Waals surface area contributed by atoms with Crippen LogP contribution in [0.1, 0.15) is 21.8 Å². The molecule has 1 aliphatic rings. The molecule has 3 aromatic heterocycles. The molecule has 4 heterocycles. The molecule has 1 aliphatic heterocycles. The van der Waals surface area contributed by atoms with Crippen molar-refractivity contribution in [1.82, 2.24) is 30.1 Å². The normalized spacial score (nSPS) is 16.9. The number of amides is 1. The van der Waals surface area contributed by atoms with Crippen molar-refractivity contribution in [3.63, 3.8) is 0 Å². The molecule has 0 radical (unpaired) electrons. The summed E-state index contributed by atoms with van der Waals surface area (Å²) in [7, 11) is 1.87. The van der Waals surface area contributed by atoms with Crippen molar-refractivity contribution in [3.05, 3.63) is 41.6 Å². The molecule has 136 valence electrons. The number of aryl methyl sites for hydroxylation is 2. The van der Waals surface area contributed by atoms with Crippen LogP contribution in [-0.2, 0) is 24.9 Å². The van der Waals surface area contributed by atoms with Crippen molar-refractivity contribution in [2.45, 2.75) is 20.1 Å².